The first kappa shape index (κ1) is 12.2. The Balaban J connectivity index is 2.23. The van der Waals surface area contributed by atoms with Gasteiger partial charge in [-0.25, -0.2) is 0 Å². The van der Waals surface area contributed by atoms with Crippen LogP contribution < -0.4 is 0 Å². The molecule has 1 fully saturated rings. The van der Waals surface area contributed by atoms with Crippen molar-refractivity contribution in [1.82, 2.24) is 4.90 Å². The average molecular weight is 231 g/mol. The Morgan fingerprint density at radius 3 is 2.41 bits per heavy atom. The maximum atomic E-state index is 12.4. The van der Waals surface area contributed by atoms with Crippen LogP contribution in [-0.4, -0.2) is 23.4 Å². The number of likely N-dealkylation sites (tertiary alicyclic amines) is 1. The smallest absolute Gasteiger partial charge is 0.254 e. The van der Waals surface area contributed by atoms with Crippen LogP contribution in [0.4, 0.5) is 0 Å². The molecule has 0 bridgehead atoms. The van der Waals surface area contributed by atoms with E-state index >= 15 is 0 Å². The molecule has 2 nitrogen and oxygen atoms in total. The van der Waals surface area contributed by atoms with Crippen LogP contribution in [0.25, 0.3) is 0 Å². The molecule has 0 saturated carbocycles. The Bertz CT molecular complexity index is 405. The van der Waals surface area contributed by atoms with Gasteiger partial charge in [-0.3, -0.25) is 4.79 Å². The van der Waals surface area contributed by atoms with Crippen LogP contribution in [0.3, 0.4) is 0 Å². The van der Waals surface area contributed by atoms with Crippen molar-refractivity contribution in [3.8, 4) is 0 Å². The van der Waals surface area contributed by atoms with E-state index in [2.05, 4.69) is 13.0 Å². The summed E-state index contributed by atoms with van der Waals surface area (Å²) in [5.74, 6) is 0.198. The van der Waals surface area contributed by atoms with Gasteiger partial charge in [0.05, 0.1) is 0 Å². The number of amides is 1. The number of nitrogens with zero attached hydrogens (tertiary/aromatic N) is 1. The molecule has 1 aliphatic heterocycles. The predicted octanol–water partition coefficient (Wildman–Crippen LogP) is 3.32. The minimum atomic E-state index is 0.198. The van der Waals surface area contributed by atoms with E-state index < -0.39 is 0 Å². The van der Waals surface area contributed by atoms with Crippen molar-refractivity contribution in [3.63, 3.8) is 0 Å². The van der Waals surface area contributed by atoms with Crippen LogP contribution >= 0.6 is 0 Å². The first-order valence-electron chi connectivity index (χ1n) is 6.47. The Morgan fingerprint density at radius 1 is 1.18 bits per heavy atom. The number of aryl methyl sites for hydroxylation is 2. The molecule has 17 heavy (non-hydrogen) atoms. The summed E-state index contributed by atoms with van der Waals surface area (Å²) in [5.41, 5.74) is 3.17. The fourth-order valence-electron chi connectivity index (χ4n) is 2.66. The van der Waals surface area contributed by atoms with Crippen LogP contribution in [0.2, 0.25) is 0 Å². The van der Waals surface area contributed by atoms with Gasteiger partial charge in [0.15, 0.2) is 0 Å². The summed E-state index contributed by atoms with van der Waals surface area (Å²) in [6.45, 7) is 7.15. The minimum absolute atomic E-state index is 0.198. The van der Waals surface area contributed by atoms with Crippen molar-refractivity contribution in [1.29, 1.82) is 0 Å². The van der Waals surface area contributed by atoms with Crippen molar-refractivity contribution in [2.75, 3.05) is 6.54 Å². The molecule has 0 spiro atoms. The monoisotopic (exact) mass is 231 g/mol. The molecule has 1 aromatic carbocycles. The summed E-state index contributed by atoms with van der Waals surface area (Å²) in [7, 11) is 0. The molecule has 1 amide bonds. The van der Waals surface area contributed by atoms with E-state index in [9.17, 15) is 4.79 Å². The summed E-state index contributed by atoms with van der Waals surface area (Å²) in [6, 6.07) is 6.49. The van der Waals surface area contributed by atoms with Gasteiger partial charge in [-0.1, -0.05) is 17.2 Å². The first-order valence-corrected chi connectivity index (χ1v) is 6.47. The summed E-state index contributed by atoms with van der Waals surface area (Å²) in [6.07, 6.45) is 3.52. The van der Waals surface area contributed by atoms with Gasteiger partial charge in [-0.05, 0) is 52.2 Å². The van der Waals surface area contributed by atoms with Gasteiger partial charge in [0.25, 0.3) is 5.91 Å². The van der Waals surface area contributed by atoms with E-state index in [1.54, 1.807) is 0 Å². The van der Waals surface area contributed by atoms with Crippen molar-refractivity contribution >= 4 is 5.91 Å². The second kappa shape index (κ2) is 4.91. The minimum Gasteiger partial charge on any atom is -0.336 e. The molecule has 1 aromatic rings. The second-order valence-corrected chi connectivity index (χ2v) is 5.22. The highest BCUT2D eigenvalue weighted by molar-refractivity contribution is 5.94. The van der Waals surface area contributed by atoms with Gasteiger partial charge < -0.3 is 4.90 Å². The number of carbonyl (C=O) groups excluding carboxylic acids is 1. The van der Waals surface area contributed by atoms with Crippen LogP contribution in [0.5, 0.6) is 0 Å². The van der Waals surface area contributed by atoms with Gasteiger partial charge >= 0.3 is 0 Å². The zero-order valence-corrected chi connectivity index (χ0v) is 11.0. The summed E-state index contributed by atoms with van der Waals surface area (Å²) >= 11 is 0. The van der Waals surface area contributed by atoms with Gasteiger partial charge in [-0.15, -0.1) is 0 Å². The predicted molar refractivity (Wildman–Crippen MR) is 70.3 cm³/mol. The van der Waals surface area contributed by atoms with Gasteiger partial charge in [0.1, 0.15) is 0 Å². The van der Waals surface area contributed by atoms with E-state index in [1.807, 2.05) is 30.9 Å². The Labute approximate surface area is 104 Å². The lowest BCUT2D eigenvalue weighted by atomic mass is 10.0. The molecule has 1 atom stereocenters. The van der Waals surface area contributed by atoms with Crippen LogP contribution in [-0.2, 0) is 0 Å². The molecule has 2 heteroatoms. The van der Waals surface area contributed by atoms with E-state index in [-0.39, 0.29) is 5.91 Å². The second-order valence-electron chi connectivity index (χ2n) is 5.22. The highest BCUT2D eigenvalue weighted by atomic mass is 16.2. The number of rotatable bonds is 1. The first-order chi connectivity index (χ1) is 8.08. The van der Waals surface area contributed by atoms with Gasteiger partial charge in [-0.2, -0.15) is 0 Å². The van der Waals surface area contributed by atoms with Crippen molar-refractivity contribution < 1.29 is 4.79 Å². The van der Waals surface area contributed by atoms with Crippen LogP contribution in [0, 0.1) is 13.8 Å². The molecule has 92 valence electrons. The number of piperidine rings is 1. The lowest BCUT2D eigenvalue weighted by molar-refractivity contribution is 0.0635. The summed E-state index contributed by atoms with van der Waals surface area (Å²) in [5, 5.41) is 0. The highest BCUT2D eigenvalue weighted by Gasteiger charge is 2.24. The zero-order valence-electron chi connectivity index (χ0n) is 11.0. The molecule has 1 heterocycles. The third kappa shape index (κ3) is 2.68. The molecule has 0 aliphatic carbocycles. The zero-order chi connectivity index (χ0) is 12.4. The molecule has 1 aliphatic rings. The molecule has 1 saturated heterocycles. The lowest BCUT2D eigenvalue weighted by Gasteiger charge is -2.33. The summed E-state index contributed by atoms with van der Waals surface area (Å²) < 4.78 is 0. The number of carbonyl (C=O) groups is 1. The van der Waals surface area contributed by atoms with E-state index in [1.165, 1.54) is 6.42 Å². The third-order valence-corrected chi connectivity index (χ3v) is 3.53. The van der Waals surface area contributed by atoms with Crippen LogP contribution in [0.1, 0.15) is 47.7 Å². The lowest BCUT2D eigenvalue weighted by Crippen LogP contribution is -2.42. The number of hydrogen-bond donors (Lipinski definition) is 0. The van der Waals surface area contributed by atoms with Gasteiger partial charge in [0, 0.05) is 18.2 Å². The van der Waals surface area contributed by atoms with E-state index in [0.29, 0.717) is 6.04 Å². The molecule has 0 radical (unpaired) electrons. The van der Waals surface area contributed by atoms with E-state index in [0.717, 1.165) is 36.1 Å². The van der Waals surface area contributed by atoms with Gasteiger partial charge in [0.2, 0.25) is 0 Å². The largest absolute Gasteiger partial charge is 0.336 e. The maximum absolute atomic E-state index is 12.4. The Kier molecular flexibility index (Phi) is 3.51. The third-order valence-electron chi connectivity index (χ3n) is 3.53. The average Bonchev–Trinajstić information content (AvgIpc) is 2.27. The standard InChI is InChI=1S/C15H21NO/c1-11-8-12(2)10-14(9-11)15(17)16-7-5-4-6-13(16)3/h8-10,13H,4-7H2,1-3H3. The molecule has 1 unspecified atom stereocenters. The normalized spacial score (nSPS) is 20.4. The van der Waals surface area contributed by atoms with Crippen molar-refractivity contribution in [2.24, 2.45) is 0 Å². The molecular formula is C15H21NO. The molecule has 2 rings (SSSR count). The molecular weight excluding hydrogens is 210 g/mol. The SMILES string of the molecule is Cc1cc(C)cc(C(=O)N2CCCCC2C)c1. The fourth-order valence-corrected chi connectivity index (χ4v) is 2.66. The molecule has 0 aromatic heterocycles. The maximum Gasteiger partial charge on any atom is 0.254 e. The summed E-state index contributed by atoms with van der Waals surface area (Å²) in [4.78, 5) is 14.5. The van der Waals surface area contributed by atoms with E-state index in [4.69, 9.17) is 0 Å². The number of hydrogen-bond acceptors (Lipinski definition) is 1. The molecule has 0 N–H and O–H groups in total. The van der Waals surface area contributed by atoms with Crippen molar-refractivity contribution in [2.45, 2.75) is 46.1 Å². The quantitative estimate of drug-likeness (QED) is 0.726. The Hall–Kier alpha value is -1.31. The fraction of sp³-hybridized carbons (Fsp3) is 0.533. The van der Waals surface area contributed by atoms with Crippen molar-refractivity contribution in [3.05, 3.63) is 34.9 Å². The Morgan fingerprint density at radius 2 is 1.82 bits per heavy atom. The topological polar surface area (TPSA) is 20.3 Å². The highest BCUT2D eigenvalue weighted by Crippen LogP contribution is 2.20. The van der Waals surface area contributed by atoms with Crippen LogP contribution in [0.15, 0.2) is 18.2 Å². The number of benzene rings is 1.